The van der Waals surface area contributed by atoms with Crippen molar-refractivity contribution < 1.29 is 8.83 Å². The predicted octanol–water partition coefficient (Wildman–Crippen LogP) is -0.326. The Hall–Kier alpha value is -0.925. The number of hydrogen-bond donors (Lipinski definition) is 0. The van der Waals surface area contributed by atoms with Crippen molar-refractivity contribution in [2.45, 2.75) is 13.2 Å². The van der Waals surface area contributed by atoms with E-state index in [1.54, 1.807) is 6.92 Å². The summed E-state index contributed by atoms with van der Waals surface area (Å²) in [7, 11) is 1.90. The van der Waals surface area contributed by atoms with Crippen LogP contribution in [0.2, 0.25) is 0 Å². The van der Waals surface area contributed by atoms with Gasteiger partial charge in [-0.15, -0.1) is 0 Å². The third-order valence-electron chi connectivity index (χ3n) is 1.16. The van der Waals surface area contributed by atoms with Gasteiger partial charge in [-0.05, 0) is 13.2 Å². The van der Waals surface area contributed by atoms with Crippen LogP contribution in [0.4, 0.5) is 0 Å². The second kappa shape index (κ2) is 2.13. The molecule has 3 nitrogen and oxygen atoms in total. The van der Waals surface area contributed by atoms with E-state index in [0.717, 1.165) is 0 Å². The molecule has 0 fully saturated rings. The van der Waals surface area contributed by atoms with Gasteiger partial charge in [-0.25, -0.2) is 4.79 Å². The fraction of sp³-hybridized carbons (Fsp3) is 0.400. The molecule has 0 saturated carbocycles. The summed E-state index contributed by atoms with van der Waals surface area (Å²) in [6.45, 7) is 1.71. The van der Waals surface area contributed by atoms with Crippen molar-refractivity contribution in [2.24, 2.45) is 0 Å². The van der Waals surface area contributed by atoms with Crippen molar-refractivity contribution in [1.29, 1.82) is 0 Å². The van der Waals surface area contributed by atoms with Crippen molar-refractivity contribution in [2.75, 3.05) is 0 Å². The van der Waals surface area contributed by atoms with Gasteiger partial charge in [0.15, 0.2) is 0 Å². The molecular weight excluding hydrogens is 119 g/mol. The average Bonchev–Trinajstić information content (AvgIpc) is 2.10. The Morgan fingerprint density at radius 1 is 1.56 bits per heavy atom. The van der Waals surface area contributed by atoms with E-state index < -0.39 is 5.82 Å². The van der Waals surface area contributed by atoms with E-state index in [1.807, 2.05) is 7.85 Å². The van der Waals surface area contributed by atoms with Gasteiger partial charge in [0.1, 0.15) is 19.4 Å². The molecule has 4 heteroatoms. The van der Waals surface area contributed by atoms with Gasteiger partial charge in [-0.1, -0.05) is 0 Å². The average molecular weight is 126 g/mol. The highest BCUT2D eigenvalue weighted by Gasteiger charge is 2.03. The summed E-state index contributed by atoms with van der Waals surface area (Å²) < 4.78 is 9.22. The largest absolute Gasteiger partial charge is 0.518 e. The standard InChI is InChI=1S/C5H7BO3/c1-3-4(2-6)9-5(7)8-3/h2,6H2,1H3. The molecule has 0 N–H and O–H groups in total. The zero-order chi connectivity index (χ0) is 6.85. The predicted molar refractivity (Wildman–Crippen MR) is 34.2 cm³/mol. The zero-order valence-electron chi connectivity index (χ0n) is 5.43. The van der Waals surface area contributed by atoms with Crippen molar-refractivity contribution in [1.82, 2.24) is 0 Å². The first-order valence-electron chi connectivity index (χ1n) is 2.83. The molecule has 0 aliphatic heterocycles. The summed E-state index contributed by atoms with van der Waals surface area (Å²) in [5.74, 6) is 0.617. The molecule has 48 valence electrons. The van der Waals surface area contributed by atoms with E-state index in [2.05, 4.69) is 8.83 Å². The Morgan fingerprint density at radius 2 is 2.22 bits per heavy atom. The van der Waals surface area contributed by atoms with Crippen LogP contribution in [0.5, 0.6) is 0 Å². The summed E-state index contributed by atoms with van der Waals surface area (Å²) in [6.07, 6.45) is 0.706. The second-order valence-electron chi connectivity index (χ2n) is 1.79. The van der Waals surface area contributed by atoms with E-state index in [1.165, 1.54) is 0 Å². The van der Waals surface area contributed by atoms with E-state index in [-0.39, 0.29) is 0 Å². The van der Waals surface area contributed by atoms with Crippen LogP contribution in [-0.2, 0) is 6.32 Å². The van der Waals surface area contributed by atoms with E-state index in [9.17, 15) is 4.79 Å². The first-order chi connectivity index (χ1) is 4.24. The number of hydrogen-bond acceptors (Lipinski definition) is 3. The number of aryl methyl sites for hydroxylation is 1. The molecule has 1 aromatic heterocycles. The van der Waals surface area contributed by atoms with Gasteiger partial charge in [0.25, 0.3) is 0 Å². The van der Waals surface area contributed by atoms with Crippen molar-refractivity contribution in [3.63, 3.8) is 0 Å². The summed E-state index contributed by atoms with van der Waals surface area (Å²) in [5.41, 5.74) is 0. The van der Waals surface area contributed by atoms with Gasteiger partial charge in [-0.2, -0.15) is 0 Å². The van der Waals surface area contributed by atoms with Gasteiger partial charge < -0.3 is 8.83 Å². The highest BCUT2D eigenvalue weighted by atomic mass is 16.6. The molecule has 0 unspecified atom stereocenters. The minimum absolute atomic E-state index is 0.586. The van der Waals surface area contributed by atoms with Crippen LogP contribution in [0.25, 0.3) is 0 Å². The van der Waals surface area contributed by atoms with Gasteiger partial charge in [-0.3, -0.25) is 0 Å². The molecule has 1 heterocycles. The van der Waals surface area contributed by atoms with E-state index >= 15 is 0 Å². The molecule has 0 aliphatic carbocycles. The third kappa shape index (κ3) is 1.07. The van der Waals surface area contributed by atoms with E-state index in [0.29, 0.717) is 17.8 Å². The van der Waals surface area contributed by atoms with E-state index in [4.69, 9.17) is 0 Å². The maximum Gasteiger partial charge on any atom is 0.518 e. The van der Waals surface area contributed by atoms with Crippen LogP contribution in [0.1, 0.15) is 11.5 Å². The molecule has 0 spiro atoms. The Bertz CT molecular complexity index is 247. The summed E-state index contributed by atoms with van der Waals surface area (Å²) in [5, 5.41) is 0. The van der Waals surface area contributed by atoms with Crippen molar-refractivity contribution in [3.05, 3.63) is 22.1 Å². The lowest BCUT2D eigenvalue weighted by Crippen LogP contribution is -1.86. The highest BCUT2D eigenvalue weighted by molar-refractivity contribution is 6.08. The molecule has 9 heavy (non-hydrogen) atoms. The zero-order valence-corrected chi connectivity index (χ0v) is 5.43. The first-order valence-corrected chi connectivity index (χ1v) is 2.83. The number of rotatable bonds is 1. The minimum atomic E-state index is -0.607. The quantitative estimate of drug-likeness (QED) is 0.484. The monoisotopic (exact) mass is 126 g/mol. The smallest absolute Gasteiger partial charge is 0.396 e. The highest BCUT2D eigenvalue weighted by Crippen LogP contribution is 2.02. The Morgan fingerprint density at radius 3 is 2.44 bits per heavy atom. The maximum atomic E-state index is 10.3. The lowest BCUT2D eigenvalue weighted by Gasteiger charge is -1.82. The topological polar surface area (TPSA) is 43.4 Å². The molecule has 0 saturated heterocycles. The molecule has 0 radical (unpaired) electrons. The van der Waals surface area contributed by atoms with Crippen molar-refractivity contribution >= 4 is 7.85 Å². The van der Waals surface area contributed by atoms with Gasteiger partial charge >= 0.3 is 5.82 Å². The fourth-order valence-corrected chi connectivity index (χ4v) is 0.696. The minimum Gasteiger partial charge on any atom is -0.396 e. The Balaban J connectivity index is 3.16. The van der Waals surface area contributed by atoms with Gasteiger partial charge in [0.05, 0.1) is 0 Å². The molecule has 1 rings (SSSR count). The summed E-state index contributed by atoms with van der Waals surface area (Å²) in [6, 6.07) is 0. The van der Waals surface area contributed by atoms with Crippen molar-refractivity contribution in [3.8, 4) is 0 Å². The molecule has 0 atom stereocenters. The van der Waals surface area contributed by atoms with Crippen LogP contribution >= 0.6 is 0 Å². The molecule has 0 bridgehead atoms. The summed E-state index contributed by atoms with van der Waals surface area (Å²) in [4.78, 5) is 10.3. The first kappa shape index (κ1) is 6.20. The van der Waals surface area contributed by atoms with Gasteiger partial charge in [0, 0.05) is 0 Å². The van der Waals surface area contributed by atoms with Crippen LogP contribution in [0.15, 0.2) is 13.6 Å². The van der Waals surface area contributed by atoms with Crippen LogP contribution in [-0.4, -0.2) is 7.85 Å². The Labute approximate surface area is 53.1 Å². The molecule has 0 aromatic carbocycles. The van der Waals surface area contributed by atoms with Crippen LogP contribution in [0.3, 0.4) is 0 Å². The molecule has 0 amide bonds. The second-order valence-corrected chi connectivity index (χ2v) is 1.79. The molecule has 1 aromatic rings. The van der Waals surface area contributed by atoms with Gasteiger partial charge in [0.2, 0.25) is 0 Å². The molecule has 0 aliphatic rings. The lowest BCUT2D eigenvalue weighted by molar-refractivity contribution is 0.372. The molecular formula is C5H7BO3. The normalized spacial score (nSPS) is 9.89. The Kier molecular flexibility index (Phi) is 1.47. The SMILES string of the molecule is BCc1oc(=O)oc1C. The lowest BCUT2D eigenvalue weighted by atomic mass is 10.0. The van der Waals surface area contributed by atoms with Crippen LogP contribution < -0.4 is 5.82 Å². The fourth-order valence-electron chi connectivity index (χ4n) is 0.696. The summed E-state index contributed by atoms with van der Waals surface area (Å²) >= 11 is 0. The third-order valence-corrected chi connectivity index (χ3v) is 1.16. The van der Waals surface area contributed by atoms with Crippen LogP contribution in [0, 0.1) is 6.92 Å². The maximum absolute atomic E-state index is 10.3.